The van der Waals surface area contributed by atoms with Gasteiger partial charge in [0.15, 0.2) is 5.76 Å². The van der Waals surface area contributed by atoms with Gasteiger partial charge in [-0.3, -0.25) is 14.6 Å². The van der Waals surface area contributed by atoms with Crippen LogP contribution in [0.25, 0.3) is 22.2 Å². The molecule has 0 atom stereocenters. The van der Waals surface area contributed by atoms with Crippen LogP contribution in [0.2, 0.25) is 0 Å². The first-order valence-corrected chi connectivity index (χ1v) is 8.72. The molecular weight excluding hydrogens is 358 g/mol. The maximum absolute atomic E-state index is 12.5. The van der Waals surface area contributed by atoms with Gasteiger partial charge in [-0.25, -0.2) is 4.68 Å². The Morgan fingerprint density at radius 3 is 2.68 bits per heavy atom. The predicted octanol–water partition coefficient (Wildman–Crippen LogP) is 2.07. The Kier molecular flexibility index (Phi) is 4.67. The molecule has 0 aliphatic carbocycles. The second-order valence-electron chi connectivity index (χ2n) is 6.26. The number of pyridine rings is 1. The zero-order chi connectivity index (χ0) is 19.5. The molecule has 140 valence electrons. The van der Waals surface area contributed by atoms with Crippen LogP contribution in [0.15, 0.2) is 64.0 Å². The molecule has 4 aromatic rings. The van der Waals surface area contributed by atoms with Gasteiger partial charge in [-0.05, 0) is 25.1 Å². The number of hydrogen-bond donors (Lipinski definition) is 1. The van der Waals surface area contributed by atoms with Crippen LogP contribution in [0.3, 0.4) is 0 Å². The first-order valence-electron chi connectivity index (χ1n) is 8.72. The standard InChI is InChI=1S/C20H17N5O3/c1-13-15-6-2-3-7-16(15)20(27)25(23-13)12-19(26)22-11-14-10-18(24-28-14)17-8-4-5-9-21-17/h2-10H,11-12H2,1H3,(H,22,26). The second-order valence-corrected chi connectivity index (χ2v) is 6.26. The Hall–Kier alpha value is -3.81. The number of nitrogens with one attached hydrogen (secondary N) is 1. The van der Waals surface area contributed by atoms with E-state index in [0.717, 1.165) is 5.39 Å². The van der Waals surface area contributed by atoms with Crippen LogP contribution in [0.5, 0.6) is 0 Å². The highest BCUT2D eigenvalue weighted by molar-refractivity contribution is 5.83. The van der Waals surface area contributed by atoms with Crippen molar-refractivity contribution in [1.29, 1.82) is 0 Å². The van der Waals surface area contributed by atoms with Crippen LogP contribution in [0.4, 0.5) is 0 Å². The molecule has 1 amide bonds. The molecule has 0 radical (unpaired) electrons. The third-order valence-electron chi connectivity index (χ3n) is 4.29. The zero-order valence-corrected chi connectivity index (χ0v) is 15.1. The molecule has 0 spiro atoms. The lowest BCUT2D eigenvalue weighted by Gasteiger charge is -2.08. The van der Waals surface area contributed by atoms with E-state index in [4.69, 9.17) is 4.52 Å². The lowest BCUT2D eigenvalue weighted by molar-refractivity contribution is -0.122. The highest BCUT2D eigenvalue weighted by atomic mass is 16.5. The van der Waals surface area contributed by atoms with Gasteiger partial charge in [-0.2, -0.15) is 5.10 Å². The van der Waals surface area contributed by atoms with Gasteiger partial charge in [0.05, 0.1) is 23.3 Å². The minimum atomic E-state index is -0.347. The average molecular weight is 375 g/mol. The lowest BCUT2D eigenvalue weighted by Crippen LogP contribution is -2.33. The Balaban J connectivity index is 1.44. The van der Waals surface area contributed by atoms with Gasteiger partial charge in [0.2, 0.25) is 5.91 Å². The minimum Gasteiger partial charge on any atom is -0.359 e. The molecule has 0 saturated heterocycles. The number of carbonyl (C=O) groups is 1. The summed E-state index contributed by atoms with van der Waals surface area (Å²) >= 11 is 0. The predicted molar refractivity (Wildman–Crippen MR) is 102 cm³/mol. The van der Waals surface area contributed by atoms with Crippen molar-refractivity contribution < 1.29 is 9.32 Å². The van der Waals surface area contributed by atoms with Crippen molar-refractivity contribution in [2.45, 2.75) is 20.0 Å². The number of aryl methyl sites for hydroxylation is 1. The number of benzene rings is 1. The minimum absolute atomic E-state index is 0.153. The molecule has 0 saturated carbocycles. The summed E-state index contributed by atoms with van der Waals surface area (Å²) < 4.78 is 6.40. The zero-order valence-electron chi connectivity index (χ0n) is 15.1. The SMILES string of the molecule is Cc1nn(CC(=O)NCc2cc(-c3ccccn3)no2)c(=O)c2ccccc12. The van der Waals surface area contributed by atoms with Crippen LogP contribution in [0, 0.1) is 6.92 Å². The van der Waals surface area contributed by atoms with Gasteiger partial charge in [-0.15, -0.1) is 0 Å². The van der Waals surface area contributed by atoms with Crippen LogP contribution in [0.1, 0.15) is 11.5 Å². The van der Waals surface area contributed by atoms with Crippen molar-refractivity contribution in [2.24, 2.45) is 0 Å². The van der Waals surface area contributed by atoms with Gasteiger partial charge >= 0.3 is 0 Å². The van der Waals surface area contributed by atoms with E-state index in [9.17, 15) is 9.59 Å². The fraction of sp³-hybridized carbons (Fsp3) is 0.150. The smallest absolute Gasteiger partial charge is 0.275 e. The molecule has 0 aliphatic rings. The third-order valence-corrected chi connectivity index (χ3v) is 4.29. The summed E-state index contributed by atoms with van der Waals surface area (Å²) in [6.45, 7) is 1.79. The van der Waals surface area contributed by atoms with Crippen molar-refractivity contribution >= 4 is 16.7 Å². The largest absolute Gasteiger partial charge is 0.359 e. The molecule has 3 heterocycles. The van der Waals surface area contributed by atoms with Crippen LogP contribution in [-0.4, -0.2) is 25.8 Å². The molecule has 0 fully saturated rings. The van der Waals surface area contributed by atoms with Crippen LogP contribution < -0.4 is 10.9 Å². The molecular formula is C20H17N5O3. The molecule has 4 rings (SSSR count). The monoisotopic (exact) mass is 375 g/mol. The fourth-order valence-electron chi connectivity index (χ4n) is 2.92. The lowest BCUT2D eigenvalue weighted by atomic mass is 10.1. The van der Waals surface area contributed by atoms with E-state index < -0.39 is 0 Å². The Bertz CT molecular complexity index is 1200. The fourth-order valence-corrected chi connectivity index (χ4v) is 2.92. The topological polar surface area (TPSA) is 103 Å². The number of amides is 1. The highest BCUT2D eigenvalue weighted by Crippen LogP contribution is 2.16. The van der Waals surface area contributed by atoms with E-state index in [1.807, 2.05) is 37.3 Å². The first-order chi connectivity index (χ1) is 13.6. The first kappa shape index (κ1) is 17.6. The van der Waals surface area contributed by atoms with Crippen molar-refractivity contribution in [3.05, 3.63) is 76.5 Å². The number of rotatable bonds is 5. The summed E-state index contributed by atoms with van der Waals surface area (Å²) in [5.74, 6) is 0.143. The molecule has 8 heteroatoms. The van der Waals surface area contributed by atoms with Crippen LogP contribution in [-0.2, 0) is 17.9 Å². The Morgan fingerprint density at radius 1 is 1.11 bits per heavy atom. The number of nitrogens with zero attached hydrogens (tertiary/aromatic N) is 4. The second kappa shape index (κ2) is 7.43. The average Bonchev–Trinajstić information content (AvgIpc) is 3.20. The van der Waals surface area contributed by atoms with E-state index in [0.29, 0.717) is 28.2 Å². The van der Waals surface area contributed by atoms with Gasteiger partial charge < -0.3 is 9.84 Å². The Morgan fingerprint density at radius 2 is 1.89 bits per heavy atom. The summed E-state index contributed by atoms with van der Waals surface area (Å²) in [5, 5.41) is 12.2. The van der Waals surface area contributed by atoms with Crippen molar-refractivity contribution in [1.82, 2.24) is 25.2 Å². The number of aromatic nitrogens is 4. The number of carbonyl (C=O) groups excluding carboxylic acids is 1. The maximum Gasteiger partial charge on any atom is 0.275 e. The van der Waals surface area contributed by atoms with Crippen LogP contribution >= 0.6 is 0 Å². The third kappa shape index (κ3) is 3.52. The van der Waals surface area contributed by atoms with Crippen molar-refractivity contribution in [3.8, 4) is 11.4 Å². The van der Waals surface area contributed by atoms with E-state index in [-0.39, 0.29) is 24.6 Å². The van der Waals surface area contributed by atoms with E-state index in [1.54, 1.807) is 24.4 Å². The van der Waals surface area contributed by atoms with Gasteiger partial charge in [-0.1, -0.05) is 29.4 Å². The Labute approximate surface area is 159 Å². The normalized spacial score (nSPS) is 10.9. The quantitative estimate of drug-likeness (QED) is 0.573. The molecule has 0 bridgehead atoms. The van der Waals surface area contributed by atoms with E-state index >= 15 is 0 Å². The molecule has 3 aromatic heterocycles. The molecule has 0 aliphatic heterocycles. The highest BCUT2D eigenvalue weighted by Gasteiger charge is 2.12. The molecule has 8 nitrogen and oxygen atoms in total. The van der Waals surface area contributed by atoms with Crippen molar-refractivity contribution in [3.63, 3.8) is 0 Å². The molecule has 1 aromatic carbocycles. The van der Waals surface area contributed by atoms with Crippen molar-refractivity contribution in [2.75, 3.05) is 0 Å². The summed E-state index contributed by atoms with van der Waals surface area (Å²) in [7, 11) is 0. The number of hydrogen-bond acceptors (Lipinski definition) is 6. The molecule has 28 heavy (non-hydrogen) atoms. The summed E-state index contributed by atoms with van der Waals surface area (Å²) in [4.78, 5) is 29.0. The number of fused-ring (bicyclic) bond motifs is 1. The summed E-state index contributed by atoms with van der Waals surface area (Å²) in [6.07, 6.45) is 1.67. The molecule has 1 N–H and O–H groups in total. The summed E-state index contributed by atoms with van der Waals surface area (Å²) in [6, 6.07) is 14.4. The van der Waals surface area contributed by atoms with Gasteiger partial charge in [0, 0.05) is 17.6 Å². The summed E-state index contributed by atoms with van der Waals surface area (Å²) in [5.41, 5.74) is 1.67. The molecule has 0 unspecified atom stereocenters. The van der Waals surface area contributed by atoms with Gasteiger partial charge in [0.25, 0.3) is 5.56 Å². The van der Waals surface area contributed by atoms with E-state index in [2.05, 4.69) is 20.6 Å². The maximum atomic E-state index is 12.5. The van der Waals surface area contributed by atoms with E-state index in [1.165, 1.54) is 4.68 Å². The van der Waals surface area contributed by atoms with Gasteiger partial charge in [0.1, 0.15) is 12.2 Å².